The molecule has 0 saturated carbocycles. The average molecular weight is 392 g/mol. The summed E-state index contributed by atoms with van der Waals surface area (Å²) < 4.78 is 10.2. The molecule has 1 rings (SSSR count). The second kappa shape index (κ2) is 13.7. The lowest BCUT2D eigenvalue weighted by Crippen LogP contribution is -2.26. The van der Waals surface area contributed by atoms with E-state index in [9.17, 15) is 14.4 Å². The molecular formula is C22H33NO5. The molecule has 6 nitrogen and oxygen atoms in total. The van der Waals surface area contributed by atoms with Crippen molar-refractivity contribution in [3.63, 3.8) is 0 Å². The summed E-state index contributed by atoms with van der Waals surface area (Å²) in [5.74, 6) is -0.876. The molecule has 0 aliphatic carbocycles. The Hall–Kier alpha value is -2.37. The zero-order valence-electron chi connectivity index (χ0n) is 17.3. The summed E-state index contributed by atoms with van der Waals surface area (Å²) in [5, 5.41) is 2.73. The lowest BCUT2D eigenvalue weighted by atomic mass is 9.99. The Morgan fingerprint density at radius 1 is 1.07 bits per heavy atom. The number of unbranched alkanes of at least 4 members (excludes halogenated alkanes) is 5. The van der Waals surface area contributed by atoms with Crippen molar-refractivity contribution in [1.82, 2.24) is 0 Å². The highest BCUT2D eigenvalue weighted by Crippen LogP contribution is 2.22. The zero-order chi connectivity index (χ0) is 20.8. The van der Waals surface area contributed by atoms with Crippen LogP contribution in [0.1, 0.15) is 70.4 Å². The van der Waals surface area contributed by atoms with Gasteiger partial charge in [-0.15, -0.1) is 0 Å². The second-order valence-electron chi connectivity index (χ2n) is 7.01. The minimum atomic E-state index is -0.599. The third kappa shape index (κ3) is 10.1. The van der Waals surface area contributed by atoms with Gasteiger partial charge in [-0.25, -0.2) is 0 Å². The van der Waals surface area contributed by atoms with Crippen molar-refractivity contribution in [2.24, 2.45) is 0 Å². The number of rotatable bonds is 14. The lowest BCUT2D eigenvalue weighted by Gasteiger charge is -2.19. The summed E-state index contributed by atoms with van der Waals surface area (Å²) in [4.78, 5) is 33.4. The summed E-state index contributed by atoms with van der Waals surface area (Å²) in [6.45, 7) is 4.81. The normalized spacial score (nSPS) is 11.5. The number of carbonyl (C=O) groups is 3. The van der Waals surface area contributed by atoms with Crippen LogP contribution < -0.4 is 5.32 Å². The Morgan fingerprint density at radius 3 is 2.43 bits per heavy atom. The third-order valence-electron chi connectivity index (χ3n) is 4.46. The fourth-order valence-corrected chi connectivity index (χ4v) is 3.09. The maximum Gasteiger partial charge on any atom is 0.303 e. The van der Waals surface area contributed by atoms with Crippen LogP contribution in [-0.2, 0) is 36.7 Å². The molecular weight excluding hydrogens is 358 g/mol. The SMILES string of the molecule is CCCCCCCCc1ccc(CC(COC(C)=O)OC(C)=O)c(NC=O)c1. The molecule has 1 aromatic rings. The topological polar surface area (TPSA) is 81.7 Å². The van der Waals surface area contributed by atoms with Crippen LogP contribution in [0, 0.1) is 0 Å². The number of hydrogen-bond donors (Lipinski definition) is 1. The molecule has 0 saturated heterocycles. The van der Waals surface area contributed by atoms with Crippen LogP contribution in [0.15, 0.2) is 18.2 Å². The fourth-order valence-electron chi connectivity index (χ4n) is 3.09. The molecule has 0 heterocycles. The molecule has 0 bridgehead atoms. The van der Waals surface area contributed by atoms with E-state index in [1.807, 2.05) is 18.2 Å². The largest absolute Gasteiger partial charge is 0.462 e. The standard InChI is InChI=1S/C22H33NO5/c1-4-5-6-7-8-9-10-19-11-12-20(22(13-19)23-16-24)14-21(28-18(3)26)15-27-17(2)25/h11-13,16,21H,4-10,14-15H2,1-3H3,(H,23,24). The molecule has 1 atom stereocenters. The van der Waals surface area contributed by atoms with Gasteiger partial charge in [0.1, 0.15) is 12.7 Å². The number of ether oxygens (including phenoxy) is 2. The highest BCUT2D eigenvalue weighted by atomic mass is 16.6. The molecule has 0 aliphatic rings. The minimum absolute atomic E-state index is 0.0189. The van der Waals surface area contributed by atoms with Crippen LogP contribution in [0.25, 0.3) is 0 Å². The number of hydrogen-bond acceptors (Lipinski definition) is 5. The van der Waals surface area contributed by atoms with Gasteiger partial charge in [0.05, 0.1) is 0 Å². The quantitative estimate of drug-likeness (QED) is 0.292. The number of benzene rings is 1. The van der Waals surface area contributed by atoms with Crippen molar-refractivity contribution in [1.29, 1.82) is 0 Å². The first-order valence-corrected chi connectivity index (χ1v) is 10.1. The van der Waals surface area contributed by atoms with Gasteiger partial charge in [0.15, 0.2) is 0 Å². The lowest BCUT2D eigenvalue weighted by molar-refractivity contribution is -0.156. The Morgan fingerprint density at radius 2 is 1.79 bits per heavy atom. The number of amides is 1. The molecule has 0 aromatic heterocycles. The first-order chi connectivity index (χ1) is 13.5. The van der Waals surface area contributed by atoms with Crippen LogP contribution in [0.2, 0.25) is 0 Å². The maximum absolute atomic E-state index is 11.3. The monoisotopic (exact) mass is 391 g/mol. The van der Waals surface area contributed by atoms with Gasteiger partial charge in [0.25, 0.3) is 0 Å². The maximum atomic E-state index is 11.3. The van der Waals surface area contributed by atoms with Crippen molar-refractivity contribution in [2.75, 3.05) is 11.9 Å². The molecule has 1 N–H and O–H groups in total. The van der Waals surface area contributed by atoms with Crippen molar-refractivity contribution < 1.29 is 23.9 Å². The van der Waals surface area contributed by atoms with Crippen molar-refractivity contribution in [3.8, 4) is 0 Å². The van der Waals surface area contributed by atoms with Gasteiger partial charge in [-0.05, 0) is 30.0 Å². The van der Waals surface area contributed by atoms with E-state index >= 15 is 0 Å². The van der Waals surface area contributed by atoms with Gasteiger partial charge >= 0.3 is 11.9 Å². The van der Waals surface area contributed by atoms with Gasteiger partial charge in [0.2, 0.25) is 6.41 Å². The number of esters is 2. The molecule has 1 amide bonds. The minimum Gasteiger partial charge on any atom is -0.462 e. The molecule has 1 aromatic carbocycles. The molecule has 0 radical (unpaired) electrons. The van der Waals surface area contributed by atoms with Crippen LogP contribution in [0.3, 0.4) is 0 Å². The predicted molar refractivity (Wildman–Crippen MR) is 109 cm³/mol. The molecule has 28 heavy (non-hydrogen) atoms. The van der Waals surface area contributed by atoms with Crippen molar-refractivity contribution in [2.45, 2.75) is 78.2 Å². The number of anilines is 1. The van der Waals surface area contributed by atoms with Gasteiger partial charge in [-0.1, -0.05) is 51.2 Å². The van der Waals surface area contributed by atoms with Crippen LogP contribution in [-0.4, -0.2) is 31.1 Å². The summed E-state index contributed by atoms with van der Waals surface area (Å²) in [7, 11) is 0. The van der Waals surface area contributed by atoms with Crippen molar-refractivity contribution >= 4 is 24.0 Å². The Kier molecular flexibility index (Phi) is 11.6. The number of nitrogens with one attached hydrogen (secondary N) is 1. The van der Waals surface area contributed by atoms with Crippen LogP contribution >= 0.6 is 0 Å². The molecule has 156 valence electrons. The molecule has 6 heteroatoms. The smallest absolute Gasteiger partial charge is 0.303 e. The summed E-state index contributed by atoms with van der Waals surface area (Å²) >= 11 is 0. The first kappa shape index (κ1) is 23.7. The van der Waals surface area contributed by atoms with Crippen molar-refractivity contribution in [3.05, 3.63) is 29.3 Å². The van der Waals surface area contributed by atoms with Gasteiger partial charge < -0.3 is 14.8 Å². The van der Waals surface area contributed by atoms with E-state index in [1.54, 1.807) is 0 Å². The van der Waals surface area contributed by atoms with E-state index in [-0.39, 0.29) is 6.61 Å². The molecule has 0 aliphatic heterocycles. The Bertz CT molecular complexity index is 629. The number of aryl methyl sites for hydroxylation is 1. The summed E-state index contributed by atoms with van der Waals surface area (Å²) in [6, 6.07) is 5.93. The zero-order valence-corrected chi connectivity index (χ0v) is 17.3. The van der Waals surface area contributed by atoms with E-state index in [1.165, 1.54) is 46.0 Å². The molecule has 1 unspecified atom stereocenters. The third-order valence-corrected chi connectivity index (χ3v) is 4.46. The van der Waals surface area contributed by atoms with E-state index in [4.69, 9.17) is 9.47 Å². The fraction of sp³-hybridized carbons (Fsp3) is 0.591. The Balaban J connectivity index is 2.73. The molecule has 0 spiro atoms. The van der Waals surface area contributed by atoms with Gasteiger partial charge in [-0.2, -0.15) is 0 Å². The highest BCUT2D eigenvalue weighted by Gasteiger charge is 2.17. The Labute approximate surface area is 168 Å². The highest BCUT2D eigenvalue weighted by molar-refractivity contribution is 5.74. The van der Waals surface area contributed by atoms with Crippen LogP contribution in [0.4, 0.5) is 5.69 Å². The summed E-state index contributed by atoms with van der Waals surface area (Å²) in [6.07, 6.45) is 8.74. The predicted octanol–water partition coefficient (Wildman–Crippen LogP) is 4.20. The second-order valence-corrected chi connectivity index (χ2v) is 7.01. The van der Waals surface area contributed by atoms with E-state index in [2.05, 4.69) is 12.2 Å². The average Bonchev–Trinajstić information content (AvgIpc) is 2.64. The summed E-state index contributed by atoms with van der Waals surface area (Å²) in [5.41, 5.74) is 2.68. The van der Waals surface area contributed by atoms with E-state index in [0.29, 0.717) is 18.5 Å². The van der Waals surface area contributed by atoms with Gasteiger partial charge in [0, 0.05) is 26.0 Å². The molecule has 0 fully saturated rings. The van der Waals surface area contributed by atoms with E-state index in [0.717, 1.165) is 24.0 Å². The number of carbonyl (C=O) groups excluding carboxylic acids is 3. The van der Waals surface area contributed by atoms with E-state index < -0.39 is 18.0 Å². The van der Waals surface area contributed by atoms with Crippen LogP contribution in [0.5, 0.6) is 0 Å². The first-order valence-electron chi connectivity index (χ1n) is 10.1. The van der Waals surface area contributed by atoms with Gasteiger partial charge in [-0.3, -0.25) is 14.4 Å².